The fourth-order valence-electron chi connectivity index (χ4n) is 4.49. The molecule has 1 fully saturated rings. The number of fused-ring (bicyclic) bond motifs is 1. The third kappa shape index (κ3) is 5.27. The lowest BCUT2D eigenvalue weighted by atomic mass is 9.96. The lowest BCUT2D eigenvalue weighted by molar-refractivity contribution is -0.123. The van der Waals surface area contributed by atoms with Gasteiger partial charge in [-0.3, -0.25) is 9.69 Å². The second-order valence-corrected chi connectivity index (χ2v) is 12.1. The first-order valence-electron chi connectivity index (χ1n) is 11.9. The number of nitrogens with zero attached hydrogens (tertiary/aromatic N) is 3. The van der Waals surface area contributed by atoms with Gasteiger partial charge >= 0.3 is 0 Å². The zero-order valence-corrected chi connectivity index (χ0v) is 21.7. The van der Waals surface area contributed by atoms with Crippen molar-refractivity contribution in [1.29, 1.82) is 0 Å². The molecule has 0 unspecified atom stereocenters. The van der Waals surface area contributed by atoms with E-state index in [1.807, 2.05) is 55.5 Å². The van der Waals surface area contributed by atoms with E-state index >= 15 is 0 Å². The molecule has 3 aromatic carbocycles. The number of halogens is 2. The van der Waals surface area contributed by atoms with E-state index in [2.05, 4.69) is 0 Å². The molecule has 0 atom stereocenters. The van der Waals surface area contributed by atoms with Gasteiger partial charge in [-0.1, -0.05) is 47.7 Å². The number of sulfonamides is 1. The van der Waals surface area contributed by atoms with Gasteiger partial charge in [0.15, 0.2) is 16.8 Å². The smallest absolute Gasteiger partial charge is 0.243 e. The summed E-state index contributed by atoms with van der Waals surface area (Å²) in [6.45, 7) is 2.58. The summed E-state index contributed by atoms with van der Waals surface area (Å²) >= 11 is 1.46. The number of thiazole rings is 1. The van der Waals surface area contributed by atoms with Crippen molar-refractivity contribution in [1.82, 2.24) is 9.29 Å². The second kappa shape index (κ2) is 10.3. The average Bonchev–Trinajstić information content (AvgIpc) is 3.32. The number of carbonyl (C=O) groups is 1. The summed E-state index contributed by atoms with van der Waals surface area (Å²) in [7, 11) is -4.00. The molecule has 0 aliphatic carbocycles. The first-order valence-corrected chi connectivity index (χ1v) is 14.2. The number of amides is 1. The molecular weight excluding hydrogens is 516 g/mol. The zero-order chi connectivity index (χ0) is 26.2. The van der Waals surface area contributed by atoms with Crippen molar-refractivity contribution < 1.29 is 22.0 Å². The fourth-order valence-corrected chi connectivity index (χ4v) is 7.04. The predicted molar refractivity (Wildman–Crippen MR) is 140 cm³/mol. The van der Waals surface area contributed by atoms with Gasteiger partial charge < -0.3 is 0 Å². The van der Waals surface area contributed by atoms with E-state index in [1.54, 1.807) is 4.90 Å². The Morgan fingerprint density at radius 3 is 2.46 bits per heavy atom. The lowest BCUT2D eigenvalue weighted by Crippen LogP contribution is -2.44. The Kier molecular flexibility index (Phi) is 7.06. The Balaban J connectivity index is 1.37. The number of anilines is 1. The molecule has 192 valence electrons. The first kappa shape index (κ1) is 25.4. The molecule has 0 N–H and O–H groups in total. The Morgan fingerprint density at radius 2 is 1.76 bits per heavy atom. The van der Waals surface area contributed by atoms with Crippen molar-refractivity contribution >= 4 is 42.6 Å². The normalized spacial score (nSPS) is 15.2. The van der Waals surface area contributed by atoms with Crippen molar-refractivity contribution in [3.63, 3.8) is 0 Å². The molecule has 1 saturated heterocycles. The molecule has 1 aromatic heterocycles. The van der Waals surface area contributed by atoms with Crippen LogP contribution in [0, 0.1) is 24.5 Å². The summed E-state index contributed by atoms with van der Waals surface area (Å²) in [5, 5.41) is 0.603. The molecule has 0 bridgehead atoms. The van der Waals surface area contributed by atoms with Gasteiger partial charge in [0.1, 0.15) is 0 Å². The SMILES string of the molecule is Cc1ccc2nc(N(Cc3ccccc3)C(=O)C3CCN(S(=O)(=O)c4ccc(F)c(F)c4)CC3)sc2c1. The van der Waals surface area contributed by atoms with Gasteiger partial charge in [0, 0.05) is 19.0 Å². The quantitative estimate of drug-likeness (QED) is 0.323. The van der Waals surface area contributed by atoms with Crippen LogP contribution in [0.4, 0.5) is 13.9 Å². The monoisotopic (exact) mass is 541 g/mol. The number of benzene rings is 3. The van der Waals surface area contributed by atoms with E-state index in [-0.39, 0.29) is 23.9 Å². The number of hydrogen-bond donors (Lipinski definition) is 0. The van der Waals surface area contributed by atoms with E-state index in [0.29, 0.717) is 30.6 Å². The van der Waals surface area contributed by atoms with E-state index in [9.17, 15) is 22.0 Å². The Hall–Kier alpha value is -3.21. The predicted octanol–water partition coefficient (Wildman–Crippen LogP) is 5.52. The maximum absolute atomic E-state index is 13.8. The first-order chi connectivity index (χ1) is 17.7. The molecule has 0 spiro atoms. The minimum absolute atomic E-state index is 0.107. The molecule has 1 aliphatic rings. The van der Waals surface area contributed by atoms with Crippen molar-refractivity contribution in [3.05, 3.63) is 89.5 Å². The highest BCUT2D eigenvalue weighted by Crippen LogP contribution is 2.33. The maximum atomic E-state index is 13.8. The maximum Gasteiger partial charge on any atom is 0.243 e. The van der Waals surface area contributed by atoms with Gasteiger partial charge in [-0.2, -0.15) is 4.31 Å². The number of aromatic nitrogens is 1. The number of rotatable bonds is 6. The molecule has 37 heavy (non-hydrogen) atoms. The van der Waals surface area contributed by atoms with E-state index in [0.717, 1.165) is 33.5 Å². The molecule has 6 nitrogen and oxygen atoms in total. The van der Waals surface area contributed by atoms with Crippen LogP contribution in [0.15, 0.2) is 71.6 Å². The number of aryl methyl sites for hydroxylation is 1. The lowest BCUT2D eigenvalue weighted by Gasteiger charge is -2.33. The fraction of sp³-hybridized carbons (Fsp3) is 0.259. The van der Waals surface area contributed by atoms with Crippen LogP contribution in [0.2, 0.25) is 0 Å². The third-order valence-corrected chi connectivity index (χ3v) is 9.48. The number of piperidine rings is 1. The molecule has 2 heterocycles. The molecule has 10 heteroatoms. The van der Waals surface area contributed by atoms with Crippen LogP contribution in [0.1, 0.15) is 24.0 Å². The van der Waals surface area contributed by atoms with Crippen molar-refractivity contribution in [2.45, 2.75) is 31.2 Å². The molecular formula is C27H25F2N3O3S2. The Bertz CT molecular complexity index is 1550. The summed E-state index contributed by atoms with van der Waals surface area (Å²) in [5.74, 6) is -2.82. The zero-order valence-electron chi connectivity index (χ0n) is 20.1. The van der Waals surface area contributed by atoms with Crippen molar-refractivity contribution in [2.24, 2.45) is 5.92 Å². The summed E-state index contributed by atoms with van der Waals surface area (Å²) in [6.07, 6.45) is 0.633. The van der Waals surface area contributed by atoms with Gasteiger partial charge in [0.25, 0.3) is 0 Å². The van der Waals surface area contributed by atoms with Crippen molar-refractivity contribution in [3.8, 4) is 0 Å². The van der Waals surface area contributed by atoms with E-state index in [1.165, 1.54) is 15.6 Å². The van der Waals surface area contributed by atoms with Gasteiger partial charge in [-0.05, 0) is 61.2 Å². The number of hydrogen-bond acceptors (Lipinski definition) is 5. The summed E-state index contributed by atoms with van der Waals surface area (Å²) in [6, 6.07) is 18.2. The van der Waals surface area contributed by atoms with Crippen LogP contribution < -0.4 is 4.90 Å². The molecule has 4 aromatic rings. The average molecular weight is 542 g/mol. The molecule has 5 rings (SSSR count). The highest BCUT2D eigenvalue weighted by molar-refractivity contribution is 7.89. The Labute approximate surface area is 218 Å². The molecule has 1 aliphatic heterocycles. The van der Waals surface area contributed by atoms with Gasteiger partial charge in [0.05, 0.1) is 21.7 Å². The topological polar surface area (TPSA) is 70.6 Å². The summed E-state index contributed by atoms with van der Waals surface area (Å²) < 4.78 is 55.1. The van der Waals surface area contributed by atoms with Crippen LogP contribution >= 0.6 is 11.3 Å². The Morgan fingerprint density at radius 1 is 1.03 bits per heavy atom. The summed E-state index contributed by atoms with van der Waals surface area (Å²) in [4.78, 5) is 19.9. The van der Waals surface area contributed by atoms with E-state index < -0.39 is 27.6 Å². The minimum atomic E-state index is -4.00. The third-order valence-electron chi connectivity index (χ3n) is 6.55. The van der Waals surface area contributed by atoms with Gasteiger partial charge in [-0.15, -0.1) is 0 Å². The van der Waals surface area contributed by atoms with Gasteiger partial charge in [0.2, 0.25) is 15.9 Å². The second-order valence-electron chi connectivity index (χ2n) is 9.13. The van der Waals surface area contributed by atoms with Crippen LogP contribution in [0.5, 0.6) is 0 Å². The van der Waals surface area contributed by atoms with E-state index in [4.69, 9.17) is 4.98 Å². The highest BCUT2D eigenvalue weighted by atomic mass is 32.2. The van der Waals surface area contributed by atoms with Crippen molar-refractivity contribution in [2.75, 3.05) is 18.0 Å². The van der Waals surface area contributed by atoms with Gasteiger partial charge in [-0.25, -0.2) is 22.2 Å². The molecule has 0 saturated carbocycles. The molecule has 0 radical (unpaired) electrons. The molecule has 1 amide bonds. The minimum Gasteiger partial charge on any atom is -0.283 e. The largest absolute Gasteiger partial charge is 0.283 e. The van der Waals surface area contributed by atoms with Crippen LogP contribution in [-0.4, -0.2) is 36.7 Å². The highest BCUT2D eigenvalue weighted by Gasteiger charge is 2.35. The summed E-state index contributed by atoms with van der Waals surface area (Å²) in [5.41, 5.74) is 2.90. The van der Waals surface area contributed by atoms with Crippen LogP contribution in [0.25, 0.3) is 10.2 Å². The van der Waals surface area contributed by atoms with Crippen LogP contribution in [0.3, 0.4) is 0 Å². The number of carbonyl (C=O) groups excluding carboxylic acids is 1. The standard InChI is InChI=1S/C27H25F2N3O3S2/c1-18-7-10-24-25(15-18)36-27(30-24)32(17-19-5-3-2-4-6-19)26(33)20-11-13-31(14-12-20)37(34,35)21-8-9-22(28)23(29)16-21/h2-10,15-16,20H,11-14,17H2,1H3. The van der Waals surface area contributed by atoms with Crippen LogP contribution in [-0.2, 0) is 21.4 Å².